The molecule has 1 aromatic heterocycles. The molecule has 0 unspecified atom stereocenters. The third kappa shape index (κ3) is 5.13. The van der Waals surface area contributed by atoms with Crippen molar-refractivity contribution in [1.29, 1.82) is 0 Å². The van der Waals surface area contributed by atoms with Gasteiger partial charge in [0.2, 0.25) is 0 Å². The van der Waals surface area contributed by atoms with Crippen LogP contribution in [-0.4, -0.2) is 22.0 Å². The van der Waals surface area contributed by atoms with Crippen LogP contribution in [-0.2, 0) is 6.42 Å². The van der Waals surface area contributed by atoms with E-state index in [1.807, 2.05) is 26.0 Å². The van der Waals surface area contributed by atoms with E-state index in [2.05, 4.69) is 48.9 Å². The highest BCUT2D eigenvalue weighted by molar-refractivity contribution is 9.10. The van der Waals surface area contributed by atoms with Gasteiger partial charge in [-0.15, -0.1) is 0 Å². The largest absolute Gasteiger partial charge is 0.489 e. The van der Waals surface area contributed by atoms with E-state index in [1.165, 1.54) is 4.68 Å². The Morgan fingerprint density at radius 3 is 2.73 bits per heavy atom. The molecule has 0 N–H and O–H groups in total. The average molecular weight is 556 g/mol. The zero-order chi connectivity index (χ0) is 21.8. The molecule has 2 aromatic carbocycles. The van der Waals surface area contributed by atoms with E-state index >= 15 is 0 Å². The fourth-order valence-electron chi connectivity index (χ4n) is 2.90. The molecule has 0 radical (unpaired) electrons. The number of ether oxygens (including phenoxy) is 1. The van der Waals surface area contributed by atoms with Crippen LogP contribution in [0, 0.1) is 0 Å². The minimum atomic E-state index is -0.216. The maximum Gasteiger partial charge on any atom is 0.282 e. The molecule has 0 aliphatic carbocycles. The molecule has 30 heavy (non-hydrogen) atoms. The second-order valence-electron chi connectivity index (χ2n) is 6.94. The van der Waals surface area contributed by atoms with Gasteiger partial charge in [-0.05, 0) is 66.0 Å². The molecule has 0 aliphatic rings. The summed E-state index contributed by atoms with van der Waals surface area (Å²) in [5, 5.41) is 5.54. The van der Waals surface area contributed by atoms with Crippen molar-refractivity contribution in [2.45, 2.75) is 46.1 Å². The molecule has 8 heteroatoms. The van der Waals surface area contributed by atoms with Crippen LogP contribution in [0.5, 0.6) is 5.75 Å². The minimum Gasteiger partial charge on any atom is -0.489 e. The number of hydrogen-bond acceptors (Lipinski definition) is 4. The third-order valence-electron chi connectivity index (χ3n) is 4.59. The van der Waals surface area contributed by atoms with Crippen molar-refractivity contribution in [2.75, 3.05) is 0 Å². The maximum atomic E-state index is 13.2. The van der Waals surface area contributed by atoms with Crippen LogP contribution in [0.3, 0.4) is 0 Å². The Bertz CT molecular complexity index is 1160. The Balaban J connectivity index is 2.15. The summed E-state index contributed by atoms with van der Waals surface area (Å²) in [6, 6.07) is 9.02. The van der Waals surface area contributed by atoms with Crippen LogP contribution < -0.4 is 10.3 Å². The van der Waals surface area contributed by atoms with E-state index in [4.69, 9.17) is 16.3 Å². The Morgan fingerprint density at radius 1 is 1.27 bits per heavy atom. The van der Waals surface area contributed by atoms with E-state index in [0.717, 1.165) is 21.8 Å². The summed E-state index contributed by atoms with van der Waals surface area (Å²) < 4.78 is 8.97. The van der Waals surface area contributed by atoms with E-state index < -0.39 is 0 Å². The lowest BCUT2D eigenvalue weighted by atomic mass is 10.2. The molecule has 0 fully saturated rings. The standard InChI is InChI=1S/C22H22Br2ClN3O2/c1-4-6-20-27-19-8-7-15(23)10-17(19)22(29)28(20)26-12-14-9-16(25)11-18(24)21(14)30-13(3)5-2/h7-13H,4-6H2,1-3H3/t13-/m0/s1. The quantitative estimate of drug-likeness (QED) is 0.309. The van der Waals surface area contributed by atoms with Crippen molar-refractivity contribution >= 4 is 60.6 Å². The topological polar surface area (TPSA) is 56.5 Å². The van der Waals surface area contributed by atoms with Gasteiger partial charge in [0.15, 0.2) is 0 Å². The molecule has 3 rings (SSSR count). The first kappa shape index (κ1) is 23.0. The summed E-state index contributed by atoms with van der Waals surface area (Å²) in [4.78, 5) is 17.8. The molecule has 5 nitrogen and oxygen atoms in total. The number of nitrogens with zero attached hydrogens (tertiary/aromatic N) is 3. The molecule has 3 aromatic rings. The monoisotopic (exact) mass is 553 g/mol. The number of benzene rings is 2. The molecule has 0 aliphatic heterocycles. The molecule has 158 valence electrons. The summed E-state index contributed by atoms with van der Waals surface area (Å²) in [7, 11) is 0. The van der Waals surface area contributed by atoms with Crippen LogP contribution >= 0.6 is 43.5 Å². The number of halogens is 3. The van der Waals surface area contributed by atoms with E-state index in [-0.39, 0.29) is 11.7 Å². The average Bonchev–Trinajstić information content (AvgIpc) is 2.70. The summed E-state index contributed by atoms with van der Waals surface area (Å²) in [5.41, 5.74) is 1.12. The highest BCUT2D eigenvalue weighted by Crippen LogP contribution is 2.33. The van der Waals surface area contributed by atoms with Gasteiger partial charge < -0.3 is 4.74 Å². The van der Waals surface area contributed by atoms with Gasteiger partial charge in [0.1, 0.15) is 11.6 Å². The lowest BCUT2D eigenvalue weighted by Crippen LogP contribution is -2.22. The number of fused-ring (bicyclic) bond motifs is 1. The first-order valence-corrected chi connectivity index (χ1v) is 11.7. The maximum absolute atomic E-state index is 13.2. The van der Waals surface area contributed by atoms with Crippen molar-refractivity contribution in [1.82, 2.24) is 9.66 Å². The molecule has 1 atom stereocenters. The summed E-state index contributed by atoms with van der Waals surface area (Å²) in [6.45, 7) is 6.09. The molecule has 0 saturated heterocycles. The van der Waals surface area contributed by atoms with Crippen LogP contribution in [0.15, 0.2) is 49.2 Å². The Hall–Kier alpha value is -1.70. The predicted octanol–water partition coefficient (Wildman–Crippen LogP) is 6.59. The van der Waals surface area contributed by atoms with Gasteiger partial charge in [-0.3, -0.25) is 4.79 Å². The number of aromatic nitrogens is 2. The Kier molecular flexibility index (Phi) is 7.71. The summed E-state index contributed by atoms with van der Waals surface area (Å²) in [6.07, 6.45) is 3.95. The van der Waals surface area contributed by atoms with E-state index in [1.54, 1.807) is 24.4 Å². The molecule has 0 amide bonds. The Labute approximate surface area is 197 Å². The first-order valence-electron chi connectivity index (χ1n) is 9.75. The smallest absolute Gasteiger partial charge is 0.282 e. The van der Waals surface area contributed by atoms with Gasteiger partial charge in [-0.25, -0.2) is 4.98 Å². The lowest BCUT2D eigenvalue weighted by molar-refractivity contribution is 0.215. The summed E-state index contributed by atoms with van der Waals surface area (Å²) >= 11 is 13.2. The minimum absolute atomic E-state index is 0.0210. The van der Waals surface area contributed by atoms with Crippen molar-refractivity contribution in [3.8, 4) is 5.75 Å². The highest BCUT2D eigenvalue weighted by Gasteiger charge is 2.14. The molecule has 0 bridgehead atoms. The van der Waals surface area contributed by atoms with Crippen molar-refractivity contribution in [2.24, 2.45) is 5.10 Å². The highest BCUT2D eigenvalue weighted by atomic mass is 79.9. The second-order valence-corrected chi connectivity index (χ2v) is 9.15. The number of rotatable bonds is 7. The Morgan fingerprint density at radius 2 is 2.03 bits per heavy atom. The third-order valence-corrected chi connectivity index (χ3v) is 5.89. The first-order chi connectivity index (χ1) is 14.3. The van der Waals surface area contributed by atoms with Gasteiger partial charge in [0.25, 0.3) is 5.56 Å². The second kappa shape index (κ2) is 10.1. The fourth-order valence-corrected chi connectivity index (χ4v) is 4.19. The number of aryl methyl sites for hydroxylation is 1. The van der Waals surface area contributed by atoms with Gasteiger partial charge in [0, 0.05) is 21.5 Å². The molecule has 1 heterocycles. The van der Waals surface area contributed by atoms with Gasteiger partial charge in [-0.1, -0.05) is 41.4 Å². The zero-order valence-corrected chi connectivity index (χ0v) is 20.9. The molecular weight excluding hydrogens is 534 g/mol. The SMILES string of the molecule is CCCc1nc2ccc(Br)cc2c(=O)n1N=Cc1cc(Cl)cc(Br)c1O[C@@H](C)CC. The molecular formula is C22H22Br2ClN3O2. The van der Waals surface area contributed by atoms with Crippen LogP contribution in [0.4, 0.5) is 0 Å². The van der Waals surface area contributed by atoms with Crippen molar-refractivity contribution < 1.29 is 4.74 Å². The fraction of sp³-hybridized carbons (Fsp3) is 0.318. The van der Waals surface area contributed by atoms with Gasteiger partial charge in [0.05, 0.1) is 27.7 Å². The van der Waals surface area contributed by atoms with Crippen molar-refractivity contribution in [3.05, 3.63) is 66.0 Å². The van der Waals surface area contributed by atoms with Gasteiger partial charge >= 0.3 is 0 Å². The molecule has 0 saturated carbocycles. The van der Waals surface area contributed by atoms with Crippen LogP contribution in [0.1, 0.15) is 45.0 Å². The van der Waals surface area contributed by atoms with Gasteiger partial charge in [-0.2, -0.15) is 9.78 Å². The van der Waals surface area contributed by atoms with E-state index in [0.29, 0.717) is 39.5 Å². The molecule has 0 spiro atoms. The lowest BCUT2D eigenvalue weighted by Gasteiger charge is -2.16. The van der Waals surface area contributed by atoms with Crippen LogP contribution in [0.2, 0.25) is 5.02 Å². The number of hydrogen-bond donors (Lipinski definition) is 0. The predicted molar refractivity (Wildman–Crippen MR) is 130 cm³/mol. The normalized spacial score (nSPS) is 12.6. The van der Waals surface area contributed by atoms with E-state index in [9.17, 15) is 4.79 Å². The van der Waals surface area contributed by atoms with Crippen molar-refractivity contribution in [3.63, 3.8) is 0 Å². The van der Waals surface area contributed by atoms with Crippen LogP contribution in [0.25, 0.3) is 10.9 Å². The zero-order valence-electron chi connectivity index (χ0n) is 17.0. The summed E-state index contributed by atoms with van der Waals surface area (Å²) in [5.74, 6) is 1.25.